The van der Waals surface area contributed by atoms with Crippen molar-refractivity contribution in [1.29, 1.82) is 0 Å². The topological polar surface area (TPSA) is 67.9 Å². The molecule has 0 saturated heterocycles. The average molecular weight is 239 g/mol. The maximum Gasteiger partial charge on any atom is 0.345 e. The molecule has 0 spiro atoms. The molecule has 1 heterocycles. The van der Waals surface area contributed by atoms with Crippen LogP contribution < -0.4 is 5.73 Å². The molecule has 2 N–H and O–H groups in total. The number of rotatable bonds is 4. The van der Waals surface area contributed by atoms with Gasteiger partial charge in [0.05, 0.1) is 12.6 Å². The molecule has 1 aliphatic heterocycles. The van der Waals surface area contributed by atoms with Crippen LogP contribution in [-0.2, 0) is 4.74 Å². The number of nitrogens with two attached hydrogens (primary N) is 1. The molecule has 1 unspecified atom stereocenters. The highest BCUT2D eigenvalue weighted by Crippen LogP contribution is 2.31. The number of ether oxygens (including phenoxy) is 1. The molecule has 1 atom stereocenters. The summed E-state index contributed by atoms with van der Waals surface area (Å²) in [5, 5.41) is 0. The van der Waals surface area contributed by atoms with Crippen LogP contribution >= 0.6 is 0 Å². The fourth-order valence-electron chi connectivity index (χ4n) is 2.89. The Morgan fingerprint density at radius 1 is 1.41 bits per heavy atom. The third-order valence-electron chi connectivity index (χ3n) is 3.74. The van der Waals surface area contributed by atoms with Crippen molar-refractivity contribution in [2.75, 3.05) is 20.3 Å². The molecular weight excluding hydrogens is 218 g/mol. The number of hydrogen-bond acceptors (Lipinski definition) is 3. The molecule has 17 heavy (non-hydrogen) atoms. The first-order chi connectivity index (χ1) is 8.24. The fraction of sp³-hybridized carbons (Fsp3) is 0.833. The second-order valence-corrected chi connectivity index (χ2v) is 4.85. The standard InChI is InChI=1S/C12H21N3O2/c1-17-8-7-15-10(11(13)14-12(15)16)9-5-3-2-4-6-9/h9-10H,2-8H2,1H3,(H2,13,14,16). The van der Waals surface area contributed by atoms with Gasteiger partial charge in [-0.2, -0.15) is 4.99 Å². The second kappa shape index (κ2) is 5.49. The van der Waals surface area contributed by atoms with E-state index in [2.05, 4.69) is 4.99 Å². The third-order valence-corrected chi connectivity index (χ3v) is 3.74. The van der Waals surface area contributed by atoms with E-state index >= 15 is 0 Å². The number of aliphatic imine (C=N–C) groups is 1. The van der Waals surface area contributed by atoms with Gasteiger partial charge in [0.2, 0.25) is 0 Å². The van der Waals surface area contributed by atoms with Crippen LogP contribution in [0.1, 0.15) is 32.1 Å². The highest BCUT2D eigenvalue weighted by atomic mass is 16.5. The Bertz CT molecular complexity index is 311. The van der Waals surface area contributed by atoms with Crippen LogP contribution in [0.4, 0.5) is 4.79 Å². The normalized spacial score (nSPS) is 26.4. The molecule has 1 aliphatic carbocycles. The summed E-state index contributed by atoms with van der Waals surface area (Å²) in [4.78, 5) is 17.4. The predicted octanol–water partition coefficient (Wildman–Crippen LogP) is 1.37. The molecule has 1 fully saturated rings. The van der Waals surface area contributed by atoms with E-state index in [1.807, 2.05) is 0 Å². The van der Waals surface area contributed by atoms with Crippen LogP contribution in [0.3, 0.4) is 0 Å². The van der Waals surface area contributed by atoms with E-state index < -0.39 is 0 Å². The minimum absolute atomic E-state index is 0.0120. The van der Waals surface area contributed by atoms with Gasteiger partial charge in [0, 0.05) is 13.7 Å². The Labute approximate surface area is 102 Å². The minimum atomic E-state index is -0.199. The first-order valence-electron chi connectivity index (χ1n) is 6.37. The van der Waals surface area contributed by atoms with Gasteiger partial charge < -0.3 is 15.4 Å². The molecule has 0 bridgehead atoms. The summed E-state index contributed by atoms with van der Waals surface area (Å²) in [6, 6.07) is -0.187. The lowest BCUT2D eigenvalue weighted by Crippen LogP contribution is -2.47. The summed E-state index contributed by atoms with van der Waals surface area (Å²) < 4.78 is 5.04. The summed E-state index contributed by atoms with van der Waals surface area (Å²) in [5.74, 6) is 0.980. The van der Waals surface area contributed by atoms with Crippen molar-refractivity contribution >= 4 is 11.9 Å². The summed E-state index contributed by atoms with van der Waals surface area (Å²) in [6.45, 7) is 1.12. The van der Waals surface area contributed by atoms with E-state index in [1.54, 1.807) is 12.0 Å². The Hall–Kier alpha value is -1.10. The molecule has 5 nitrogen and oxygen atoms in total. The lowest BCUT2D eigenvalue weighted by Gasteiger charge is -2.33. The van der Waals surface area contributed by atoms with Gasteiger partial charge >= 0.3 is 6.03 Å². The SMILES string of the molecule is COCCN1C(=O)N=C(N)C1C1CCCCC1. The van der Waals surface area contributed by atoms with Gasteiger partial charge in [0.15, 0.2) is 0 Å². The zero-order valence-corrected chi connectivity index (χ0v) is 10.4. The molecule has 0 aromatic rings. The van der Waals surface area contributed by atoms with Gasteiger partial charge in [-0.15, -0.1) is 0 Å². The molecule has 2 rings (SSSR count). The van der Waals surface area contributed by atoms with Crippen LogP contribution in [0.25, 0.3) is 0 Å². The van der Waals surface area contributed by atoms with Gasteiger partial charge in [-0.05, 0) is 18.8 Å². The zero-order valence-electron chi connectivity index (χ0n) is 10.4. The molecule has 1 saturated carbocycles. The first kappa shape index (κ1) is 12.4. The maximum absolute atomic E-state index is 11.7. The number of hydrogen-bond donors (Lipinski definition) is 1. The smallest absolute Gasteiger partial charge is 0.345 e. The summed E-state index contributed by atoms with van der Waals surface area (Å²) in [7, 11) is 1.64. The predicted molar refractivity (Wildman–Crippen MR) is 66.0 cm³/mol. The van der Waals surface area contributed by atoms with Crippen molar-refractivity contribution in [3.8, 4) is 0 Å². The van der Waals surface area contributed by atoms with E-state index in [9.17, 15) is 4.79 Å². The number of carbonyl (C=O) groups excluding carboxylic acids is 1. The minimum Gasteiger partial charge on any atom is -0.385 e. The number of amidine groups is 1. The quantitative estimate of drug-likeness (QED) is 0.805. The largest absolute Gasteiger partial charge is 0.385 e. The van der Waals surface area contributed by atoms with Crippen molar-refractivity contribution in [2.24, 2.45) is 16.6 Å². The highest BCUT2D eigenvalue weighted by Gasteiger charge is 2.38. The monoisotopic (exact) mass is 239 g/mol. The number of urea groups is 1. The number of carbonyl (C=O) groups is 1. The van der Waals surface area contributed by atoms with Crippen molar-refractivity contribution < 1.29 is 9.53 Å². The first-order valence-corrected chi connectivity index (χ1v) is 6.37. The fourth-order valence-corrected chi connectivity index (χ4v) is 2.89. The van der Waals surface area contributed by atoms with Crippen molar-refractivity contribution in [3.63, 3.8) is 0 Å². The van der Waals surface area contributed by atoms with Crippen LogP contribution in [-0.4, -0.2) is 43.1 Å². The van der Waals surface area contributed by atoms with Crippen LogP contribution in [0.15, 0.2) is 4.99 Å². The molecule has 96 valence electrons. The molecular formula is C12H21N3O2. The van der Waals surface area contributed by atoms with Crippen LogP contribution in [0, 0.1) is 5.92 Å². The molecule has 0 radical (unpaired) electrons. The lowest BCUT2D eigenvalue weighted by atomic mass is 9.83. The summed E-state index contributed by atoms with van der Waals surface area (Å²) in [5.41, 5.74) is 5.91. The van der Waals surface area contributed by atoms with E-state index in [1.165, 1.54) is 19.3 Å². The van der Waals surface area contributed by atoms with Gasteiger partial charge in [-0.25, -0.2) is 4.79 Å². The van der Waals surface area contributed by atoms with E-state index in [0.717, 1.165) is 12.8 Å². The molecule has 0 aromatic carbocycles. The number of nitrogens with zero attached hydrogens (tertiary/aromatic N) is 2. The number of amides is 2. The van der Waals surface area contributed by atoms with Crippen LogP contribution in [0.2, 0.25) is 0 Å². The van der Waals surface area contributed by atoms with Crippen molar-refractivity contribution in [2.45, 2.75) is 38.1 Å². The second-order valence-electron chi connectivity index (χ2n) is 4.85. The summed E-state index contributed by atoms with van der Waals surface area (Å²) in [6.07, 6.45) is 6.07. The van der Waals surface area contributed by atoms with Crippen molar-refractivity contribution in [1.82, 2.24) is 4.90 Å². The zero-order chi connectivity index (χ0) is 12.3. The van der Waals surface area contributed by atoms with E-state index in [0.29, 0.717) is 24.9 Å². The highest BCUT2D eigenvalue weighted by molar-refractivity contribution is 6.03. The van der Waals surface area contributed by atoms with Gasteiger partial charge in [0.1, 0.15) is 5.84 Å². The molecule has 0 aromatic heterocycles. The lowest BCUT2D eigenvalue weighted by molar-refractivity contribution is 0.131. The average Bonchev–Trinajstić information content (AvgIpc) is 2.62. The Morgan fingerprint density at radius 3 is 2.76 bits per heavy atom. The molecule has 2 amide bonds. The van der Waals surface area contributed by atoms with Crippen molar-refractivity contribution in [3.05, 3.63) is 0 Å². The molecule has 2 aliphatic rings. The Morgan fingerprint density at radius 2 is 2.12 bits per heavy atom. The molecule has 5 heteroatoms. The van der Waals surface area contributed by atoms with E-state index in [4.69, 9.17) is 10.5 Å². The Kier molecular flexibility index (Phi) is 3.99. The van der Waals surface area contributed by atoms with Crippen LogP contribution in [0.5, 0.6) is 0 Å². The Balaban J connectivity index is 2.05. The van der Waals surface area contributed by atoms with Gasteiger partial charge in [-0.1, -0.05) is 19.3 Å². The van der Waals surface area contributed by atoms with Gasteiger partial charge in [0.25, 0.3) is 0 Å². The number of methoxy groups -OCH3 is 1. The van der Waals surface area contributed by atoms with Gasteiger partial charge in [-0.3, -0.25) is 0 Å². The third kappa shape index (κ3) is 2.60. The summed E-state index contributed by atoms with van der Waals surface area (Å²) >= 11 is 0. The van der Waals surface area contributed by atoms with E-state index in [-0.39, 0.29) is 12.1 Å². The maximum atomic E-state index is 11.7.